The average Bonchev–Trinajstić information content (AvgIpc) is 3.00. The number of hydrogen-bond acceptors (Lipinski definition) is 1. The first-order valence-corrected chi connectivity index (χ1v) is 8.71. The van der Waals surface area contributed by atoms with Gasteiger partial charge in [0.2, 0.25) is 6.23 Å². The molecule has 0 fully saturated rings. The molecule has 4 aromatic rings. The van der Waals surface area contributed by atoms with Crippen LogP contribution in [0.25, 0.3) is 22.2 Å². The predicted molar refractivity (Wildman–Crippen MR) is 102 cm³/mol. The van der Waals surface area contributed by atoms with Crippen LogP contribution in [0.3, 0.4) is 0 Å². The van der Waals surface area contributed by atoms with E-state index in [-0.39, 0.29) is 6.23 Å². The molecule has 0 spiro atoms. The largest absolute Gasteiger partial charge is 0.465 e. The first-order chi connectivity index (χ1) is 12.2. The fourth-order valence-electron chi connectivity index (χ4n) is 3.61. The molecule has 0 saturated heterocycles. The van der Waals surface area contributed by atoms with Gasteiger partial charge >= 0.3 is 0 Å². The Morgan fingerprint density at radius 2 is 1.76 bits per heavy atom. The zero-order valence-electron chi connectivity index (χ0n) is 13.7. The highest BCUT2D eigenvalue weighted by molar-refractivity contribution is 6.31. The Morgan fingerprint density at radius 1 is 0.920 bits per heavy atom. The molecule has 1 aliphatic heterocycles. The summed E-state index contributed by atoms with van der Waals surface area (Å²) in [7, 11) is 0. The van der Waals surface area contributed by atoms with E-state index in [2.05, 4.69) is 54.0 Å². The molecule has 0 unspecified atom stereocenters. The van der Waals surface area contributed by atoms with Crippen molar-refractivity contribution in [3.63, 3.8) is 0 Å². The number of benzene rings is 3. The standard InChI is InChI=1S/C22H16ClNO/c1-14-7-9-18-20-13-16-12-17(23)8-10-19(16)24(20)22(25-21(18)11-14)15-5-3-2-4-6-15/h2-13,22H,1H3/t22-/m0/s1. The minimum Gasteiger partial charge on any atom is -0.465 e. The molecule has 0 bridgehead atoms. The van der Waals surface area contributed by atoms with Gasteiger partial charge in [-0.1, -0.05) is 48.0 Å². The second-order valence-electron chi connectivity index (χ2n) is 6.48. The third kappa shape index (κ3) is 2.25. The number of hydrogen-bond donors (Lipinski definition) is 0. The third-order valence-corrected chi connectivity index (χ3v) is 5.01. The number of fused-ring (bicyclic) bond motifs is 5. The van der Waals surface area contributed by atoms with Crippen LogP contribution >= 0.6 is 11.6 Å². The molecule has 25 heavy (non-hydrogen) atoms. The van der Waals surface area contributed by atoms with E-state index in [9.17, 15) is 0 Å². The lowest BCUT2D eigenvalue weighted by molar-refractivity contribution is 0.173. The Balaban J connectivity index is 1.84. The van der Waals surface area contributed by atoms with Crippen molar-refractivity contribution in [3.05, 3.63) is 88.9 Å². The minimum atomic E-state index is -0.191. The number of rotatable bonds is 1. The second-order valence-corrected chi connectivity index (χ2v) is 6.92. The van der Waals surface area contributed by atoms with E-state index in [0.29, 0.717) is 0 Å². The van der Waals surface area contributed by atoms with E-state index in [1.165, 1.54) is 5.56 Å². The van der Waals surface area contributed by atoms with Gasteiger partial charge in [-0.3, -0.25) is 0 Å². The van der Waals surface area contributed by atoms with Gasteiger partial charge in [-0.2, -0.15) is 0 Å². The summed E-state index contributed by atoms with van der Waals surface area (Å²) in [5, 5.41) is 1.87. The molecule has 0 radical (unpaired) electrons. The molecule has 1 aromatic heterocycles. The van der Waals surface area contributed by atoms with Crippen molar-refractivity contribution in [2.45, 2.75) is 13.2 Å². The van der Waals surface area contributed by atoms with Crippen molar-refractivity contribution in [1.82, 2.24) is 4.57 Å². The normalized spacial score (nSPS) is 15.5. The molecule has 5 rings (SSSR count). The Labute approximate surface area is 151 Å². The lowest BCUT2D eigenvalue weighted by Gasteiger charge is -2.30. The average molecular weight is 346 g/mol. The van der Waals surface area contributed by atoms with Crippen LogP contribution in [0.5, 0.6) is 5.75 Å². The molecule has 122 valence electrons. The molecule has 0 saturated carbocycles. The van der Waals surface area contributed by atoms with Gasteiger partial charge in [0.15, 0.2) is 0 Å². The van der Waals surface area contributed by atoms with Crippen molar-refractivity contribution in [2.75, 3.05) is 0 Å². The Kier molecular flexibility index (Phi) is 3.16. The summed E-state index contributed by atoms with van der Waals surface area (Å²) in [6.45, 7) is 2.09. The van der Waals surface area contributed by atoms with Crippen LogP contribution in [0.4, 0.5) is 0 Å². The lowest BCUT2D eigenvalue weighted by Crippen LogP contribution is -2.22. The molecule has 3 heteroatoms. The van der Waals surface area contributed by atoms with Gasteiger partial charge in [0, 0.05) is 21.5 Å². The Bertz CT molecular complexity index is 1100. The van der Waals surface area contributed by atoms with Crippen LogP contribution in [-0.4, -0.2) is 4.57 Å². The quantitative estimate of drug-likeness (QED) is 0.400. The molecular weight excluding hydrogens is 330 g/mol. The zero-order valence-corrected chi connectivity index (χ0v) is 14.5. The smallest absolute Gasteiger partial charge is 0.203 e. The summed E-state index contributed by atoms with van der Waals surface area (Å²) < 4.78 is 8.71. The van der Waals surface area contributed by atoms with Gasteiger partial charge in [-0.25, -0.2) is 0 Å². The van der Waals surface area contributed by atoms with Gasteiger partial charge in [0.25, 0.3) is 0 Å². The van der Waals surface area contributed by atoms with E-state index >= 15 is 0 Å². The molecule has 2 nitrogen and oxygen atoms in total. The lowest BCUT2D eigenvalue weighted by atomic mass is 10.1. The number of aryl methyl sites for hydroxylation is 1. The molecule has 3 aromatic carbocycles. The van der Waals surface area contributed by atoms with Crippen LogP contribution in [0.1, 0.15) is 17.4 Å². The highest BCUT2D eigenvalue weighted by Crippen LogP contribution is 2.44. The van der Waals surface area contributed by atoms with E-state index in [1.807, 2.05) is 30.3 Å². The van der Waals surface area contributed by atoms with Gasteiger partial charge in [0.05, 0.1) is 11.2 Å². The summed E-state index contributed by atoms with van der Waals surface area (Å²) >= 11 is 6.22. The van der Waals surface area contributed by atoms with Gasteiger partial charge in [-0.15, -0.1) is 0 Å². The maximum atomic E-state index is 6.45. The maximum absolute atomic E-state index is 6.45. The number of nitrogens with zero attached hydrogens (tertiary/aromatic N) is 1. The predicted octanol–water partition coefficient (Wildman–Crippen LogP) is 6.21. The molecule has 0 aliphatic carbocycles. The monoisotopic (exact) mass is 345 g/mol. The van der Waals surface area contributed by atoms with Crippen LogP contribution in [-0.2, 0) is 0 Å². The fraction of sp³-hybridized carbons (Fsp3) is 0.0909. The van der Waals surface area contributed by atoms with E-state index in [4.69, 9.17) is 16.3 Å². The third-order valence-electron chi connectivity index (χ3n) is 4.77. The maximum Gasteiger partial charge on any atom is 0.203 e. The number of aromatic nitrogens is 1. The van der Waals surface area contributed by atoms with Crippen molar-refractivity contribution in [3.8, 4) is 17.0 Å². The Morgan fingerprint density at radius 3 is 2.60 bits per heavy atom. The van der Waals surface area contributed by atoms with E-state index in [1.54, 1.807) is 0 Å². The number of ether oxygens (including phenoxy) is 1. The Hall–Kier alpha value is -2.71. The minimum absolute atomic E-state index is 0.191. The molecule has 0 N–H and O–H groups in total. The molecule has 0 amide bonds. The first kappa shape index (κ1) is 14.6. The fourth-order valence-corrected chi connectivity index (χ4v) is 3.79. The molecule has 1 atom stereocenters. The van der Waals surface area contributed by atoms with Crippen molar-refractivity contribution in [2.24, 2.45) is 0 Å². The first-order valence-electron chi connectivity index (χ1n) is 8.34. The summed E-state index contributed by atoms with van der Waals surface area (Å²) in [6, 6.07) is 24.9. The number of halogens is 1. The van der Waals surface area contributed by atoms with Crippen LogP contribution < -0.4 is 4.74 Å². The van der Waals surface area contributed by atoms with Crippen molar-refractivity contribution in [1.29, 1.82) is 0 Å². The highest BCUT2D eigenvalue weighted by Gasteiger charge is 2.28. The topological polar surface area (TPSA) is 14.2 Å². The molecule has 2 heterocycles. The van der Waals surface area contributed by atoms with E-state index < -0.39 is 0 Å². The summed E-state index contributed by atoms with van der Waals surface area (Å²) in [5.74, 6) is 0.926. The second kappa shape index (κ2) is 5.40. The van der Waals surface area contributed by atoms with Gasteiger partial charge in [0.1, 0.15) is 5.75 Å². The summed E-state index contributed by atoms with van der Waals surface area (Å²) in [5.41, 5.74) is 5.72. The van der Waals surface area contributed by atoms with Gasteiger partial charge < -0.3 is 9.30 Å². The van der Waals surface area contributed by atoms with Crippen LogP contribution in [0, 0.1) is 6.92 Å². The molecular formula is C22H16ClNO. The SMILES string of the molecule is Cc1ccc2c(c1)O[C@@H](c1ccccc1)n1c-2cc2cc(Cl)ccc21. The van der Waals surface area contributed by atoms with Crippen LogP contribution in [0.15, 0.2) is 72.8 Å². The zero-order chi connectivity index (χ0) is 17.0. The summed E-state index contributed by atoms with van der Waals surface area (Å²) in [4.78, 5) is 0. The van der Waals surface area contributed by atoms with E-state index in [0.717, 1.165) is 38.5 Å². The highest BCUT2D eigenvalue weighted by atomic mass is 35.5. The van der Waals surface area contributed by atoms with Gasteiger partial charge in [-0.05, 0) is 48.9 Å². The van der Waals surface area contributed by atoms with Crippen molar-refractivity contribution >= 4 is 22.5 Å². The van der Waals surface area contributed by atoms with Crippen LogP contribution in [0.2, 0.25) is 5.02 Å². The molecule has 1 aliphatic rings. The summed E-state index contributed by atoms with van der Waals surface area (Å²) in [6.07, 6.45) is -0.191. The van der Waals surface area contributed by atoms with Crippen molar-refractivity contribution < 1.29 is 4.74 Å².